The number of aromatic nitrogens is 2. The standard InChI is InChI=1S/C20H18N6O/c1-15-14-25(20-18(13-22)23-7-8-24-20)9-10-26(15)19(27)6-5-16-3-2-4-17(11-16)12-21/h2-8,11,15H,9-10,14H2,1H3/t15-/m0/s1. The van der Waals surface area contributed by atoms with Gasteiger partial charge in [0.1, 0.15) is 6.07 Å². The average molecular weight is 358 g/mol. The number of benzene rings is 1. The largest absolute Gasteiger partial charge is 0.350 e. The number of piperazine rings is 1. The maximum Gasteiger partial charge on any atom is 0.246 e. The van der Waals surface area contributed by atoms with Gasteiger partial charge in [0, 0.05) is 44.1 Å². The molecule has 0 saturated carbocycles. The first kappa shape index (κ1) is 18.1. The van der Waals surface area contributed by atoms with Gasteiger partial charge in [-0.05, 0) is 30.7 Å². The van der Waals surface area contributed by atoms with Gasteiger partial charge in [-0.25, -0.2) is 9.97 Å². The summed E-state index contributed by atoms with van der Waals surface area (Å²) in [7, 11) is 0. The first-order valence-corrected chi connectivity index (χ1v) is 8.57. The SMILES string of the molecule is C[C@H]1CN(c2nccnc2C#N)CCN1C(=O)C=Cc1cccc(C#N)c1. The smallest absolute Gasteiger partial charge is 0.246 e. The molecule has 1 fully saturated rings. The number of nitrogens with zero attached hydrogens (tertiary/aromatic N) is 6. The second-order valence-electron chi connectivity index (χ2n) is 6.24. The Hall–Kier alpha value is -3.71. The molecule has 1 atom stereocenters. The molecule has 2 aromatic rings. The zero-order valence-corrected chi connectivity index (χ0v) is 14.9. The van der Waals surface area contributed by atoms with Crippen LogP contribution in [0.5, 0.6) is 0 Å². The predicted molar refractivity (Wildman–Crippen MR) is 100 cm³/mol. The molecule has 1 aliphatic rings. The lowest BCUT2D eigenvalue weighted by atomic mass is 10.1. The van der Waals surface area contributed by atoms with Gasteiger partial charge in [0.25, 0.3) is 0 Å². The molecule has 27 heavy (non-hydrogen) atoms. The van der Waals surface area contributed by atoms with E-state index in [2.05, 4.69) is 22.1 Å². The topological polar surface area (TPSA) is 96.9 Å². The van der Waals surface area contributed by atoms with Gasteiger partial charge in [-0.3, -0.25) is 4.79 Å². The zero-order valence-electron chi connectivity index (χ0n) is 14.9. The van der Waals surface area contributed by atoms with Crippen LogP contribution in [0.2, 0.25) is 0 Å². The highest BCUT2D eigenvalue weighted by Gasteiger charge is 2.28. The summed E-state index contributed by atoms with van der Waals surface area (Å²) in [5.74, 6) is 0.479. The molecule has 0 N–H and O–H groups in total. The molecule has 134 valence electrons. The summed E-state index contributed by atoms with van der Waals surface area (Å²) >= 11 is 0. The Labute approximate surface area is 157 Å². The molecular weight excluding hydrogens is 340 g/mol. The van der Waals surface area contributed by atoms with E-state index in [0.29, 0.717) is 36.7 Å². The molecule has 2 heterocycles. The van der Waals surface area contributed by atoms with Gasteiger partial charge < -0.3 is 9.80 Å². The van der Waals surface area contributed by atoms with Gasteiger partial charge >= 0.3 is 0 Å². The molecule has 0 aliphatic carbocycles. The fourth-order valence-electron chi connectivity index (χ4n) is 3.09. The molecule has 7 heteroatoms. The summed E-state index contributed by atoms with van der Waals surface area (Å²) in [5.41, 5.74) is 1.66. The summed E-state index contributed by atoms with van der Waals surface area (Å²) in [4.78, 5) is 24.7. The van der Waals surface area contributed by atoms with Crippen molar-refractivity contribution < 1.29 is 4.79 Å². The molecule has 0 bridgehead atoms. The van der Waals surface area contributed by atoms with Crippen LogP contribution in [0.4, 0.5) is 5.82 Å². The van der Waals surface area contributed by atoms with Crippen LogP contribution in [-0.4, -0.2) is 46.5 Å². The van der Waals surface area contributed by atoms with Gasteiger partial charge in [0.2, 0.25) is 5.91 Å². The van der Waals surface area contributed by atoms with Gasteiger partial charge in [0.05, 0.1) is 11.6 Å². The minimum Gasteiger partial charge on any atom is -0.350 e. The first-order chi connectivity index (χ1) is 13.1. The fourth-order valence-corrected chi connectivity index (χ4v) is 3.09. The van der Waals surface area contributed by atoms with Gasteiger partial charge in [-0.2, -0.15) is 10.5 Å². The second-order valence-corrected chi connectivity index (χ2v) is 6.24. The van der Waals surface area contributed by atoms with Gasteiger partial charge in [-0.15, -0.1) is 0 Å². The maximum atomic E-state index is 12.6. The Balaban J connectivity index is 1.67. The molecule has 0 radical (unpaired) electrons. The van der Waals surface area contributed by atoms with Crippen LogP contribution in [0.25, 0.3) is 6.08 Å². The van der Waals surface area contributed by atoms with Crippen molar-refractivity contribution in [1.29, 1.82) is 10.5 Å². The number of anilines is 1. The third-order valence-corrected chi connectivity index (χ3v) is 4.43. The lowest BCUT2D eigenvalue weighted by Crippen LogP contribution is -2.54. The molecular formula is C20H18N6O. The highest BCUT2D eigenvalue weighted by Crippen LogP contribution is 2.19. The van der Waals surface area contributed by atoms with Crippen molar-refractivity contribution in [3.05, 3.63) is 59.6 Å². The number of carbonyl (C=O) groups is 1. The van der Waals surface area contributed by atoms with Crippen molar-refractivity contribution in [2.24, 2.45) is 0 Å². The molecule has 1 aromatic heterocycles. The Bertz CT molecular complexity index is 955. The van der Waals surface area contributed by atoms with E-state index in [0.717, 1.165) is 5.56 Å². The lowest BCUT2D eigenvalue weighted by molar-refractivity contribution is -0.128. The van der Waals surface area contributed by atoms with Crippen molar-refractivity contribution in [3.8, 4) is 12.1 Å². The quantitative estimate of drug-likeness (QED) is 0.778. The van der Waals surface area contributed by atoms with E-state index >= 15 is 0 Å². The Kier molecular flexibility index (Phi) is 5.44. The van der Waals surface area contributed by atoms with E-state index in [-0.39, 0.29) is 11.9 Å². The van der Waals surface area contributed by atoms with E-state index in [9.17, 15) is 10.1 Å². The van der Waals surface area contributed by atoms with Crippen molar-refractivity contribution in [3.63, 3.8) is 0 Å². The van der Waals surface area contributed by atoms with Crippen LogP contribution < -0.4 is 4.90 Å². The summed E-state index contributed by atoms with van der Waals surface area (Å²) in [6.45, 7) is 3.67. The van der Waals surface area contributed by atoms with E-state index in [1.807, 2.05) is 17.9 Å². The third-order valence-electron chi connectivity index (χ3n) is 4.43. The van der Waals surface area contributed by atoms with Gasteiger partial charge in [0.15, 0.2) is 11.5 Å². The predicted octanol–water partition coefficient (Wildman–Crippen LogP) is 1.97. The van der Waals surface area contributed by atoms with Crippen molar-refractivity contribution in [1.82, 2.24) is 14.9 Å². The summed E-state index contributed by atoms with van der Waals surface area (Å²) in [5, 5.41) is 18.1. The van der Waals surface area contributed by atoms with Crippen LogP contribution in [0.1, 0.15) is 23.7 Å². The third kappa shape index (κ3) is 4.10. The van der Waals surface area contributed by atoms with E-state index in [1.54, 1.807) is 35.4 Å². The second kappa shape index (κ2) is 8.11. The molecule has 7 nitrogen and oxygen atoms in total. The monoisotopic (exact) mass is 358 g/mol. The van der Waals surface area contributed by atoms with Crippen LogP contribution in [-0.2, 0) is 4.79 Å². The van der Waals surface area contributed by atoms with Crippen molar-refractivity contribution >= 4 is 17.8 Å². The van der Waals surface area contributed by atoms with Crippen LogP contribution in [0, 0.1) is 22.7 Å². The molecule has 0 unspecified atom stereocenters. The fraction of sp³-hybridized carbons (Fsp3) is 0.250. The zero-order chi connectivity index (χ0) is 19.2. The number of hydrogen-bond acceptors (Lipinski definition) is 6. The highest BCUT2D eigenvalue weighted by atomic mass is 16.2. The number of amides is 1. The summed E-state index contributed by atoms with van der Waals surface area (Å²) in [6, 6.07) is 11.2. The molecule has 0 spiro atoms. The van der Waals surface area contributed by atoms with Crippen LogP contribution in [0.15, 0.2) is 42.7 Å². The molecule has 3 rings (SSSR count). The molecule has 1 saturated heterocycles. The minimum atomic E-state index is -0.0795. The normalized spacial score (nSPS) is 16.8. The molecule has 1 amide bonds. The summed E-state index contributed by atoms with van der Waals surface area (Å²) < 4.78 is 0. The maximum absolute atomic E-state index is 12.6. The van der Waals surface area contributed by atoms with Gasteiger partial charge in [-0.1, -0.05) is 12.1 Å². The first-order valence-electron chi connectivity index (χ1n) is 8.57. The molecule has 1 aromatic carbocycles. The number of nitriles is 2. The van der Waals surface area contributed by atoms with E-state index in [1.165, 1.54) is 12.3 Å². The Morgan fingerprint density at radius 3 is 2.78 bits per heavy atom. The number of rotatable bonds is 3. The lowest BCUT2D eigenvalue weighted by Gasteiger charge is -2.40. The Morgan fingerprint density at radius 2 is 2.04 bits per heavy atom. The van der Waals surface area contributed by atoms with Crippen molar-refractivity contribution in [2.45, 2.75) is 13.0 Å². The molecule has 1 aliphatic heterocycles. The summed E-state index contributed by atoms with van der Waals surface area (Å²) in [6.07, 6.45) is 6.32. The van der Waals surface area contributed by atoms with Crippen molar-refractivity contribution in [2.75, 3.05) is 24.5 Å². The van der Waals surface area contributed by atoms with E-state index < -0.39 is 0 Å². The van der Waals surface area contributed by atoms with Crippen LogP contribution >= 0.6 is 0 Å². The van der Waals surface area contributed by atoms with Crippen LogP contribution in [0.3, 0.4) is 0 Å². The Morgan fingerprint density at radius 1 is 1.22 bits per heavy atom. The highest BCUT2D eigenvalue weighted by molar-refractivity contribution is 5.92. The number of carbonyl (C=O) groups excluding carboxylic acids is 1. The number of hydrogen-bond donors (Lipinski definition) is 0. The van der Waals surface area contributed by atoms with E-state index in [4.69, 9.17) is 5.26 Å². The minimum absolute atomic E-state index is 0.0325. The average Bonchev–Trinajstić information content (AvgIpc) is 2.72.